The van der Waals surface area contributed by atoms with Crippen molar-refractivity contribution in [3.8, 4) is 0 Å². The lowest BCUT2D eigenvalue weighted by molar-refractivity contribution is -0.127. The van der Waals surface area contributed by atoms with Gasteiger partial charge in [0.15, 0.2) is 5.76 Å². The zero-order valence-electron chi connectivity index (χ0n) is 21.2. The molecular formula is C28H32FN3O4. The Bertz CT molecular complexity index is 1180. The number of rotatable bonds is 8. The van der Waals surface area contributed by atoms with E-state index in [1.54, 1.807) is 6.07 Å². The largest absolute Gasteiger partial charge is 0.459 e. The van der Waals surface area contributed by atoms with Gasteiger partial charge in [-0.15, -0.1) is 0 Å². The number of benzene rings is 2. The number of halogens is 1. The fourth-order valence-corrected chi connectivity index (χ4v) is 3.69. The monoisotopic (exact) mass is 493 g/mol. The van der Waals surface area contributed by atoms with Gasteiger partial charge in [0, 0.05) is 11.2 Å². The Morgan fingerprint density at radius 2 is 1.56 bits per heavy atom. The van der Waals surface area contributed by atoms with Crippen molar-refractivity contribution >= 4 is 23.4 Å². The van der Waals surface area contributed by atoms with Crippen LogP contribution in [0.5, 0.6) is 0 Å². The Hall–Kier alpha value is -3.94. The van der Waals surface area contributed by atoms with Crippen LogP contribution in [0.25, 0.3) is 0 Å². The first-order valence-corrected chi connectivity index (χ1v) is 11.8. The van der Waals surface area contributed by atoms with Gasteiger partial charge in [0.25, 0.3) is 5.91 Å². The van der Waals surface area contributed by atoms with E-state index in [1.165, 1.54) is 41.5 Å². The normalized spacial score (nSPS) is 12.2. The summed E-state index contributed by atoms with van der Waals surface area (Å²) < 4.78 is 18.8. The lowest BCUT2D eigenvalue weighted by atomic mass is 9.96. The van der Waals surface area contributed by atoms with Crippen molar-refractivity contribution in [2.45, 2.75) is 52.1 Å². The van der Waals surface area contributed by atoms with Crippen LogP contribution in [0, 0.1) is 5.82 Å². The molecule has 3 aromatic rings. The van der Waals surface area contributed by atoms with Crippen LogP contribution in [-0.4, -0.2) is 29.8 Å². The van der Waals surface area contributed by atoms with Gasteiger partial charge >= 0.3 is 0 Å². The summed E-state index contributed by atoms with van der Waals surface area (Å²) in [4.78, 5) is 40.8. The number of carbonyl (C=O) groups is 3. The summed E-state index contributed by atoms with van der Waals surface area (Å²) in [5, 5.41) is 5.48. The zero-order chi connectivity index (χ0) is 26.5. The van der Waals surface area contributed by atoms with Gasteiger partial charge in [0.2, 0.25) is 11.8 Å². The van der Waals surface area contributed by atoms with Crippen LogP contribution in [0.2, 0.25) is 0 Å². The molecule has 0 spiro atoms. The highest BCUT2D eigenvalue weighted by atomic mass is 19.1. The third-order valence-electron chi connectivity index (χ3n) is 5.44. The Balaban J connectivity index is 2.03. The first kappa shape index (κ1) is 26.7. The van der Waals surface area contributed by atoms with Crippen LogP contribution >= 0.6 is 0 Å². The first-order valence-electron chi connectivity index (χ1n) is 11.8. The average molecular weight is 494 g/mol. The number of nitrogens with zero attached hydrogens (tertiary/aromatic N) is 1. The zero-order valence-corrected chi connectivity index (χ0v) is 21.2. The topological polar surface area (TPSA) is 91.7 Å². The quantitative estimate of drug-likeness (QED) is 0.464. The van der Waals surface area contributed by atoms with Gasteiger partial charge in [-0.05, 0) is 74.2 Å². The molecule has 0 bridgehead atoms. The number of carbonyl (C=O) groups excluding carboxylic acids is 3. The molecule has 0 fully saturated rings. The summed E-state index contributed by atoms with van der Waals surface area (Å²) in [5.74, 6) is -1.66. The maximum absolute atomic E-state index is 13.7. The molecule has 0 unspecified atom stereocenters. The fourth-order valence-electron chi connectivity index (χ4n) is 3.69. The molecule has 1 atom stereocenters. The molecule has 2 aromatic carbocycles. The average Bonchev–Trinajstić information content (AvgIpc) is 3.35. The summed E-state index contributed by atoms with van der Waals surface area (Å²) in [6, 6.07) is 14.7. The van der Waals surface area contributed by atoms with E-state index in [0.29, 0.717) is 11.3 Å². The molecule has 8 heteroatoms. The molecule has 3 rings (SSSR count). The Morgan fingerprint density at radius 3 is 2.08 bits per heavy atom. The van der Waals surface area contributed by atoms with E-state index in [4.69, 9.17) is 4.42 Å². The molecule has 0 aliphatic rings. The molecule has 190 valence electrons. The second-order valence-electron chi connectivity index (χ2n) is 9.86. The molecule has 0 radical (unpaired) electrons. The Kier molecular flexibility index (Phi) is 8.29. The molecule has 3 amide bonds. The van der Waals surface area contributed by atoms with E-state index in [2.05, 4.69) is 24.5 Å². The Morgan fingerprint density at radius 1 is 0.944 bits per heavy atom. The maximum atomic E-state index is 13.7. The van der Waals surface area contributed by atoms with Gasteiger partial charge in [-0.25, -0.2) is 4.39 Å². The van der Waals surface area contributed by atoms with Crippen molar-refractivity contribution < 1.29 is 23.2 Å². The minimum Gasteiger partial charge on any atom is -0.459 e. The number of amides is 3. The second-order valence-corrected chi connectivity index (χ2v) is 9.86. The van der Waals surface area contributed by atoms with Crippen LogP contribution in [0.3, 0.4) is 0 Å². The molecule has 7 nitrogen and oxygen atoms in total. The summed E-state index contributed by atoms with van der Waals surface area (Å²) >= 11 is 0. The predicted molar refractivity (Wildman–Crippen MR) is 136 cm³/mol. The molecular weight excluding hydrogens is 461 g/mol. The summed E-state index contributed by atoms with van der Waals surface area (Å²) in [5.41, 5.74) is 1.41. The highest BCUT2D eigenvalue weighted by Gasteiger charge is 2.34. The second kappa shape index (κ2) is 11.2. The van der Waals surface area contributed by atoms with Crippen LogP contribution < -0.4 is 15.5 Å². The van der Waals surface area contributed by atoms with Gasteiger partial charge in [0.1, 0.15) is 11.9 Å². The van der Waals surface area contributed by atoms with Crippen LogP contribution in [0.15, 0.2) is 71.3 Å². The lowest BCUT2D eigenvalue weighted by Crippen LogP contribution is -2.51. The third-order valence-corrected chi connectivity index (χ3v) is 5.44. The van der Waals surface area contributed by atoms with Crippen molar-refractivity contribution in [1.82, 2.24) is 10.6 Å². The van der Waals surface area contributed by atoms with Gasteiger partial charge in [-0.3, -0.25) is 19.3 Å². The van der Waals surface area contributed by atoms with E-state index in [9.17, 15) is 18.8 Å². The molecule has 2 N–H and O–H groups in total. The molecule has 36 heavy (non-hydrogen) atoms. The van der Waals surface area contributed by atoms with Crippen molar-refractivity contribution in [2.24, 2.45) is 0 Å². The number of hydrogen-bond donors (Lipinski definition) is 2. The molecule has 0 aliphatic heterocycles. The van der Waals surface area contributed by atoms with Crippen molar-refractivity contribution in [1.29, 1.82) is 0 Å². The van der Waals surface area contributed by atoms with Crippen LogP contribution in [-0.2, 0) is 9.59 Å². The summed E-state index contributed by atoms with van der Waals surface area (Å²) in [6.07, 6.45) is 1.36. The third kappa shape index (κ3) is 6.81. The number of furan rings is 1. The van der Waals surface area contributed by atoms with Crippen LogP contribution in [0.4, 0.5) is 10.1 Å². The van der Waals surface area contributed by atoms with E-state index >= 15 is 0 Å². The van der Waals surface area contributed by atoms with E-state index in [1.807, 2.05) is 45.0 Å². The molecule has 0 aliphatic carbocycles. The number of hydrogen-bond acceptors (Lipinski definition) is 4. The highest BCUT2D eigenvalue weighted by Crippen LogP contribution is 2.30. The molecule has 1 aromatic heterocycles. The Labute approximate surface area is 210 Å². The maximum Gasteiger partial charge on any atom is 0.287 e. The molecule has 0 saturated heterocycles. The minimum atomic E-state index is -1.07. The van der Waals surface area contributed by atoms with E-state index in [-0.39, 0.29) is 11.7 Å². The minimum absolute atomic E-state index is 0.0578. The van der Waals surface area contributed by atoms with Crippen molar-refractivity contribution in [2.75, 3.05) is 11.4 Å². The van der Waals surface area contributed by atoms with Gasteiger partial charge in [-0.2, -0.15) is 0 Å². The van der Waals surface area contributed by atoms with E-state index in [0.717, 1.165) is 5.56 Å². The fraction of sp³-hybridized carbons (Fsp3) is 0.321. The molecule has 1 heterocycles. The number of nitrogens with one attached hydrogen (secondary N) is 2. The summed E-state index contributed by atoms with van der Waals surface area (Å²) in [7, 11) is 0. The van der Waals surface area contributed by atoms with E-state index < -0.39 is 41.7 Å². The summed E-state index contributed by atoms with van der Waals surface area (Å²) in [6.45, 7) is 9.26. The van der Waals surface area contributed by atoms with Gasteiger partial charge in [0.05, 0.1) is 12.8 Å². The van der Waals surface area contributed by atoms with Gasteiger partial charge < -0.3 is 15.1 Å². The van der Waals surface area contributed by atoms with Crippen molar-refractivity contribution in [3.63, 3.8) is 0 Å². The molecule has 0 saturated carbocycles. The van der Waals surface area contributed by atoms with Crippen LogP contribution in [0.1, 0.15) is 68.3 Å². The first-order chi connectivity index (χ1) is 17.0. The standard InChI is InChI=1S/C28H32FN3O4/c1-18(2)19-8-10-20(11-9-19)25(27(35)31-28(3,4)5)32(22-14-12-21(29)13-15-22)24(33)17-30-26(34)23-7-6-16-36-23/h6-16,18,25H,17H2,1-5H3,(H,30,34)(H,31,35)/t25-/m0/s1. The predicted octanol–water partition coefficient (Wildman–Crippen LogP) is 4.96. The highest BCUT2D eigenvalue weighted by molar-refractivity contribution is 6.04. The SMILES string of the molecule is CC(C)c1ccc([C@@H](C(=O)NC(C)(C)C)N(C(=O)CNC(=O)c2ccco2)c2ccc(F)cc2)cc1. The lowest BCUT2D eigenvalue weighted by Gasteiger charge is -2.34. The smallest absolute Gasteiger partial charge is 0.287 e. The van der Waals surface area contributed by atoms with Crippen molar-refractivity contribution in [3.05, 3.63) is 89.6 Å². The van der Waals surface area contributed by atoms with Gasteiger partial charge in [-0.1, -0.05) is 38.1 Å². The number of anilines is 1.